The van der Waals surface area contributed by atoms with Crippen LogP contribution in [0.4, 0.5) is 0 Å². The van der Waals surface area contributed by atoms with Crippen LogP contribution in [-0.4, -0.2) is 47.4 Å². The minimum Gasteiger partial charge on any atom is -0.334 e. The van der Waals surface area contributed by atoms with Crippen molar-refractivity contribution in [1.82, 2.24) is 9.80 Å². The first-order valence-corrected chi connectivity index (χ1v) is 8.43. The molecule has 0 radical (unpaired) electrons. The van der Waals surface area contributed by atoms with E-state index in [1.165, 1.54) is 24.0 Å². The van der Waals surface area contributed by atoms with E-state index in [1.54, 1.807) is 0 Å². The maximum absolute atomic E-state index is 12.1. The van der Waals surface area contributed by atoms with Crippen LogP contribution in [0, 0.1) is 0 Å². The SMILES string of the molecule is CCC(=O)N1[C@@H]2CC[C@H]1CN(C/C(C)=C/c1ccccc1)C2. The molecular weight excluding hydrogens is 272 g/mol. The first-order chi connectivity index (χ1) is 10.7. The van der Waals surface area contributed by atoms with Crippen LogP contribution in [0.15, 0.2) is 35.9 Å². The van der Waals surface area contributed by atoms with Crippen LogP contribution in [-0.2, 0) is 4.79 Å². The number of piperazine rings is 1. The average Bonchev–Trinajstić information content (AvgIpc) is 2.78. The fourth-order valence-corrected chi connectivity index (χ4v) is 3.94. The van der Waals surface area contributed by atoms with E-state index >= 15 is 0 Å². The second-order valence-corrected chi connectivity index (χ2v) is 6.64. The van der Waals surface area contributed by atoms with Gasteiger partial charge in [-0.2, -0.15) is 0 Å². The Labute approximate surface area is 133 Å². The van der Waals surface area contributed by atoms with Gasteiger partial charge in [0.1, 0.15) is 0 Å². The minimum atomic E-state index is 0.337. The lowest BCUT2D eigenvalue weighted by Gasteiger charge is -2.41. The molecule has 2 bridgehead atoms. The first-order valence-electron chi connectivity index (χ1n) is 8.43. The summed E-state index contributed by atoms with van der Waals surface area (Å²) in [5, 5.41) is 0. The highest BCUT2D eigenvalue weighted by Gasteiger charge is 2.41. The van der Waals surface area contributed by atoms with Gasteiger partial charge >= 0.3 is 0 Å². The van der Waals surface area contributed by atoms with Crippen molar-refractivity contribution in [3.63, 3.8) is 0 Å². The largest absolute Gasteiger partial charge is 0.334 e. The summed E-state index contributed by atoms with van der Waals surface area (Å²) in [6.45, 7) is 7.25. The van der Waals surface area contributed by atoms with Crippen LogP contribution >= 0.6 is 0 Å². The predicted molar refractivity (Wildman–Crippen MR) is 90.5 cm³/mol. The Bertz CT molecular complexity index is 538. The highest BCUT2D eigenvalue weighted by Crippen LogP contribution is 2.31. The van der Waals surface area contributed by atoms with Crippen LogP contribution in [0.3, 0.4) is 0 Å². The number of fused-ring (bicyclic) bond motifs is 2. The van der Waals surface area contributed by atoms with Crippen molar-refractivity contribution in [3.8, 4) is 0 Å². The predicted octanol–water partition coefficient (Wildman–Crippen LogP) is 3.18. The molecule has 2 atom stereocenters. The van der Waals surface area contributed by atoms with Crippen molar-refractivity contribution in [2.75, 3.05) is 19.6 Å². The van der Waals surface area contributed by atoms with Crippen LogP contribution in [0.5, 0.6) is 0 Å². The lowest BCUT2D eigenvalue weighted by atomic mass is 10.1. The standard InChI is InChI=1S/C19H26N2O/c1-3-19(22)21-17-9-10-18(21)14-20(13-17)12-15(2)11-16-7-5-4-6-8-16/h4-8,11,17-18H,3,9-10,12-14H2,1-2H3/b15-11+/t17-,18+. The van der Waals surface area contributed by atoms with Crippen molar-refractivity contribution in [2.45, 2.75) is 45.2 Å². The third-order valence-corrected chi connectivity index (χ3v) is 4.83. The quantitative estimate of drug-likeness (QED) is 0.852. The Morgan fingerprint density at radius 2 is 1.82 bits per heavy atom. The van der Waals surface area contributed by atoms with Crippen molar-refractivity contribution in [2.24, 2.45) is 0 Å². The molecule has 2 saturated heterocycles. The number of amides is 1. The van der Waals surface area contributed by atoms with E-state index < -0.39 is 0 Å². The molecular formula is C19H26N2O. The Balaban J connectivity index is 1.62. The van der Waals surface area contributed by atoms with Crippen molar-refractivity contribution in [3.05, 3.63) is 41.5 Å². The Morgan fingerprint density at radius 3 is 2.41 bits per heavy atom. The van der Waals surface area contributed by atoms with Gasteiger partial charge in [-0.15, -0.1) is 0 Å². The fraction of sp³-hybridized carbons (Fsp3) is 0.526. The number of carbonyl (C=O) groups is 1. The van der Waals surface area contributed by atoms with E-state index in [1.807, 2.05) is 13.0 Å². The number of hydrogen-bond acceptors (Lipinski definition) is 2. The second kappa shape index (κ2) is 6.66. The molecule has 3 nitrogen and oxygen atoms in total. The van der Waals surface area contributed by atoms with E-state index in [0.29, 0.717) is 24.4 Å². The van der Waals surface area contributed by atoms with E-state index in [9.17, 15) is 4.79 Å². The Kier molecular flexibility index (Phi) is 4.63. The molecule has 2 aliphatic rings. The summed E-state index contributed by atoms with van der Waals surface area (Å²) < 4.78 is 0. The van der Waals surface area contributed by atoms with Gasteiger partial charge in [0.25, 0.3) is 0 Å². The Morgan fingerprint density at radius 1 is 1.18 bits per heavy atom. The zero-order valence-electron chi connectivity index (χ0n) is 13.7. The lowest BCUT2D eigenvalue weighted by Crippen LogP contribution is -2.55. The summed E-state index contributed by atoms with van der Waals surface area (Å²) in [5.74, 6) is 0.337. The number of likely N-dealkylation sites (tertiary alicyclic amines) is 1. The van der Waals surface area contributed by atoms with Crippen LogP contribution < -0.4 is 0 Å². The zero-order chi connectivity index (χ0) is 15.5. The van der Waals surface area contributed by atoms with Gasteiger partial charge in [0.05, 0.1) is 0 Å². The lowest BCUT2D eigenvalue weighted by molar-refractivity contribution is -0.136. The summed E-state index contributed by atoms with van der Waals surface area (Å²) in [6, 6.07) is 11.4. The molecule has 1 aromatic carbocycles. The number of benzene rings is 1. The number of rotatable bonds is 4. The molecule has 0 spiro atoms. The van der Waals surface area contributed by atoms with E-state index in [4.69, 9.17) is 0 Å². The topological polar surface area (TPSA) is 23.6 Å². The summed E-state index contributed by atoms with van der Waals surface area (Å²) in [4.78, 5) is 16.8. The molecule has 2 fully saturated rings. The Hall–Kier alpha value is -1.61. The van der Waals surface area contributed by atoms with Gasteiger partial charge < -0.3 is 4.90 Å². The molecule has 0 unspecified atom stereocenters. The number of carbonyl (C=O) groups excluding carboxylic acids is 1. The normalized spacial score (nSPS) is 25.5. The monoisotopic (exact) mass is 298 g/mol. The molecule has 0 N–H and O–H groups in total. The maximum atomic E-state index is 12.1. The molecule has 3 rings (SSSR count). The molecule has 1 aromatic rings. The summed E-state index contributed by atoms with van der Waals surface area (Å²) in [6.07, 6.45) is 5.26. The zero-order valence-corrected chi connectivity index (χ0v) is 13.7. The van der Waals surface area contributed by atoms with Gasteiger partial charge in [-0.3, -0.25) is 9.69 Å². The van der Waals surface area contributed by atoms with Gasteiger partial charge in [0.15, 0.2) is 0 Å². The first kappa shape index (κ1) is 15.3. The van der Waals surface area contributed by atoms with Crippen molar-refractivity contribution in [1.29, 1.82) is 0 Å². The smallest absolute Gasteiger partial charge is 0.222 e. The number of hydrogen-bond donors (Lipinski definition) is 0. The molecule has 0 aromatic heterocycles. The van der Waals surface area contributed by atoms with Gasteiger partial charge in [0, 0.05) is 38.1 Å². The molecule has 22 heavy (non-hydrogen) atoms. The van der Waals surface area contributed by atoms with Gasteiger partial charge in [0.2, 0.25) is 5.91 Å². The highest BCUT2D eigenvalue weighted by molar-refractivity contribution is 5.77. The summed E-state index contributed by atoms with van der Waals surface area (Å²) in [7, 11) is 0. The van der Waals surface area contributed by atoms with Gasteiger partial charge in [-0.05, 0) is 25.3 Å². The van der Waals surface area contributed by atoms with E-state index in [2.05, 4.69) is 47.1 Å². The molecule has 2 aliphatic heterocycles. The third kappa shape index (κ3) is 3.25. The average molecular weight is 298 g/mol. The van der Waals surface area contributed by atoms with Crippen LogP contribution in [0.1, 0.15) is 38.7 Å². The van der Waals surface area contributed by atoms with Crippen molar-refractivity contribution < 1.29 is 4.79 Å². The van der Waals surface area contributed by atoms with Gasteiger partial charge in [-0.25, -0.2) is 0 Å². The molecule has 3 heteroatoms. The number of nitrogens with zero attached hydrogens (tertiary/aromatic N) is 2. The molecule has 2 heterocycles. The van der Waals surface area contributed by atoms with Crippen molar-refractivity contribution >= 4 is 12.0 Å². The van der Waals surface area contributed by atoms with Crippen LogP contribution in [0.2, 0.25) is 0 Å². The summed E-state index contributed by atoms with van der Waals surface area (Å²) >= 11 is 0. The second-order valence-electron chi connectivity index (χ2n) is 6.64. The molecule has 1 amide bonds. The minimum absolute atomic E-state index is 0.337. The third-order valence-electron chi connectivity index (χ3n) is 4.83. The summed E-state index contributed by atoms with van der Waals surface area (Å²) in [5.41, 5.74) is 2.66. The molecule has 0 aliphatic carbocycles. The van der Waals surface area contributed by atoms with Crippen LogP contribution in [0.25, 0.3) is 6.08 Å². The molecule has 118 valence electrons. The van der Waals surface area contributed by atoms with Gasteiger partial charge in [-0.1, -0.05) is 48.9 Å². The van der Waals surface area contributed by atoms with E-state index in [0.717, 1.165) is 19.6 Å². The molecule has 0 saturated carbocycles. The highest BCUT2D eigenvalue weighted by atomic mass is 16.2. The van der Waals surface area contributed by atoms with E-state index in [-0.39, 0.29) is 0 Å². The maximum Gasteiger partial charge on any atom is 0.222 e. The fourth-order valence-electron chi connectivity index (χ4n) is 3.94.